The molecule has 0 N–H and O–H groups in total. The molecule has 19 heavy (non-hydrogen) atoms. The molecule has 0 radical (unpaired) electrons. The van der Waals surface area contributed by atoms with E-state index in [4.69, 9.17) is 0 Å². The van der Waals surface area contributed by atoms with Crippen LogP contribution in [0.5, 0.6) is 0 Å². The molecule has 0 aliphatic heterocycles. The topological polar surface area (TPSA) is 69.2 Å². The van der Waals surface area contributed by atoms with Crippen LogP contribution in [-0.4, -0.2) is 10.1 Å². The van der Waals surface area contributed by atoms with Crippen molar-refractivity contribution >= 4 is 5.69 Å². The number of aryl methyl sites for hydroxylation is 1. The number of benzene rings is 1. The Kier molecular flexibility index (Phi) is 3.01. The van der Waals surface area contributed by atoms with Crippen molar-refractivity contribution in [1.29, 1.82) is 0 Å². The molecule has 0 bridgehead atoms. The number of nitro benzene ring substituents is 1. The predicted molar refractivity (Wildman–Crippen MR) is 58.3 cm³/mol. The van der Waals surface area contributed by atoms with E-state index in [1.807, 2.05) is 0 Å². The first kappa shape index (κ1) is 13.1. The van der Waals surface area contributed by atoms with E-state index in [1.165, 1.54) is 18.2 Å². The summed E-state index contributed by atoms with van der Waals surface area (Å²) in [5, 5.41) is 13.9. The number of rotatable bonds is 2. The monoisotopic (exact) mass is 272 g/mol. The maximum absolute atomic E-state index is 12.4. The molecular weight excluding hydrogens is 265 g/mol. The van der Waals surface area contributed by atoms with Gasteiger partial charge in [0.2, 0.25) is 5.76 Å². The lowest BCUT2D eigenvalue weighted by atomic mass is 10.0. The van der Waals surface area contributed by atoms with Gasteiger partial charge >= 0.3 is 6.18 Å². The highest BCUT2D eigenvalue weighted by Crippen LogP contribution is 2.33. The van der Waals surface area contributed by atoms with Crippen LogP contribution in [-0.2, 0) is 6.18 Å². The summed E-state index contributed by atoms with van der Waals surface area (Å²) in [7, 11) is 0. The van der Waals surface area contributed by atoms with E-state index in [2.05, 4.69) is 9.68 Å². The van der Waals surface area contributed by atoms with Gasteiger partial charge in [-0.25, -0.2) is 0 Å². The van der Waals surface area contributed by atoms with Crippen LogP contribution in [0.15, 0.2) is 28.8 Å². The lowest BCUT2D eigenvalue weighted by molar-refractivity contribution is -0.384. The lowest BCUT2D eigenvalue weighted by Gasteiger charge is -2.01. The van der Waals surface area contributed by atoms with Crippen molar-refractivity contribution in [1.82, 2.24) is 5.16 Å². The number of non-ortho nitro benzene ring substituents is 1. The second kappa shape index (κ2) is 4.38. The van der Waals surface area contributed by atoms with Crippen molar-refractivity contribution in [2.24, 2.45) is 0 Å². The van der Waals surface area contributed by atoms with Gasteiger partial charge < -0.3 is 4.52 Å². The summed E-state index contributed by atoms with van der Waals surface area (Å²) in [5.74, 6) is -1.21. The van der Waals surface area contributed by atoms with Crippen LogP contribution in [0.3, 0.4) is 0 Å². The Morgan fingerprint density at radius 2 is 2.00 bits per heavy atom. The van der Waals surface area contributed by atoms with E-state index < -0.39 is 16.9 Å². The van der Waals surface area contributed by atoms with E-state index in [1.54, 1.807) is 6.92 Å². The van der Waals surface area contributed by atoms with Gasteiger partial charge in [-0.15, -0.1) is 0 Å². The third-order valence-corrected chi connectivity index (χ3v) is 2.49. The van der Waals surface area contributed by atoms with Gasteiger partial charge in [0.25, 0.3) is 5.69 Å². The number of hydrogen-bond acceptors (Lipinski definition) is 4. The summed E-state index contributed by atoms with van der Waals surface area (Å²) in [6, 6.07) is 4.56. The third-order valence-electron chi connectivity index (χ3n) is 2.49. The zero-order valence-electron chi connectivity index (χ0n) is 9.56. The normalized spacial score (nSPS) is 11.6. The molecular formula is C11H7F3N2O3. The van der Waals surface area contributed by atoms with Crippen molar-refractivity contribution < 1.29 is 22.6 Å². The Morgan fingerprint density at radius 3 is 2.47 bits per heavy atom. The summed E-state index contributed by atoms with van der Waals surface area (Å²) >= 11 is 0. The highest BCUT2D eigenvalue weighted by atomic mass is 19.4. The Bertz CT molecular complexity index is 634. The molecule has 0 spiro atoms. The minimum absolute atomic E-state index is 0.0141. The minimum atomic E-state index is -4.61. The molecule has 0 saturated heterocycles. The SMILES string of the molecule is Cc1cc([N+](=O)[O-])ccc1-c1cc(C(F)(F)F)on1. The molecule has 1 aromatic heterocycles. The second-order valence-corrected chi connectivity index (χ2v) is 3.83. The number of nitrogens with zero attached hydrogens (tertiary/aromatic N) is 2. The predicted octanol–water partition coefficient (Wildman–Crippen LogP) is 3.58. The van der Waals surface area contributed by atoms with Crippen LogP contribution in [0.1, 0.15) is 11.3 Å². The van der Waals surface area contributed by atoms with Gasteiger partial charge in [-0.2, -0.15) is 13.2 Å². The zero-order valence-corrected chi connectivity index (χ0v) is 9.56. The Labute approximate surface area is 104 Å². The molecule has 0 aliphatic rings. The molecule has 0 atom stereocenters. The van der Waals surface area contributed by atoms with E-state index in [-0.39, 0.29) is 11.4 Å². The Hall–Kier alpha value is -2.38. The fraction of sp³-hybridized carbons (Fsp3) is 0.182. The molecule has 2 rings (SSSR count). The quantitative estimate of drug-likeness (QED) is 0.619. The van der Waals surface area contributed by atoms with Crippen molar-refractivity contribution in [3.63, 3.8) is 0 Å². The number of aromatic nitrogens is 1. The summed E-state index contributed by atoms with van der Waals surface area (Å²) in [5.41, 5.74) is 0.640. The minimum Gasteiger partial charge on any atom is -0.351 e. The van der Waals surface area contributed by atoms with Crippen LogP contribution < -0.4 is 0 Å². The van der Waals surface area contributed by atoms with E-state index in [0.717, 1.165) is 6.07 Å². The van der Waals surface area contributed by atoms with Crippen molar-refractivity contribution in [3.05, 3.63) is 45.7 Å². The fourth-order valence-corrected chi connectivity index (χ4v) is 1.58. The van der Waals surface area contributed by atoms with Crippen molar-refractivity contribution in [2.75, 3.05) is 0 Å². The Morgan fingerprint density at radius 1 is 1.32 bits per heavy atom. The summed E-state index contributed by atoms with van der Waals surface area (Å²) in [6.07, 6.45) is -4.61. The first-order valence-corrected chi connectivity index (χ1v) is 5.08. The average molecular weight is 272 g/mol. The largest absolute Gasteiger partial charge is 0.452 e. The van der Waals surface area contributed by atoms with Crippen LogP contribution >= 0.6 is 0 Å². The van der Waals surface area contributed by atoms with E-state index >= 15 is 0 Å². The smallest absolute Gasteiger partial charge is 0.351 e. The van der Waals surface area contributed by atoms with E-state index in [0.29, 0.717) is 11.1 Å². The summed E-state index contributed by atoms with van der Waals surface area (Å²) < 4.78 is 41.3. The number of halogens is 3. The third kappa shape index (κ3) is 2.56. The first-order chi connectivity index (χ1) is 8.79. The van der Waals surface area contributed by atoms with Crippen LogP contribution in [0.4, 0.5) is 18.9 Å². The number of hydrogen-bond donors (Lipinski definition) is 0. The summed E-state index contributed by atoms with van der Waals surface area (Å²) in [6.45, 7) is 1.55. The van der Waals surface area contributed by atoms with Gasteiger partial charge in [0, 0.05) is 23.8 Å². The zero-order chi connectivity index (χ0) is 14.2. The van der Waals surface area contributed by atoms with Gasteiger partial charge in [-0.05, 0) is 18.6 Å². The molecule has 100 valence electrons. The molecule has 0 unspecified atom stereocenters. The number of alkyl halides is 3. The molecule has 2 aromatic rings. The maximum Gasteiger partial charge on any atom is 0.452 e. The van der Waals surface area contributed by atoms with Crippen LogP contribution in [0, 0.1) is 17.0 Å². The maximum atomic E-state index is 12.4. The molecule has 1 aromatic carbocycles. The van der Waals surface area contributed by atoms with E-state index in [9.17, 15) is 23.3 Å². The van der Waals surface area contributed by atoms with Crippen molar-refractivity contribution in [3.8, 4) is 11.3 Å². The van der Waals surface area contributed by atoms with Crippen LogP contribution in [0.2, 0.25) is 0 Å². The molecule has 1 heterocycles. The van der Waals surface area contributed by atoms with Gasteiger partial charge in [-0.3, -0.25) is 10.1 Å². The van der Waals surface area contributed by atoms with Gasteiger partial charge in [0.05, 0.1) is 4.92 Å². The second-order valence-electron chi connectivity index (χ2n) is 3.83. The van der Waals surface area contributed by atoms with Crippen LogP contribution in [0.25, 0.3) is 11.3 Å². The molecule has 0 fully saturated rings. The lowest BCUT2D eigenvalue weighted by Crippen LogP contribution is -2.02. The van der Waals surface area contributed by atoms with Crippen molar-refractivity contribution in [2.45, 2.75) is 13.1 Å². The highest BCUT2D eigenvalue weighted by molar-refractivity contribution is 5.65. The molecule has 0 aliphatic carbocycles. The standard InChI is InChI=1S/C11H7F3N2O3/c1-6-4-7(16(17)18)2-3-8(6)9-5-10(19-15-9)11(12,13)14/h2-5H,1H3. The highest BCUT2D eigenvalue weighted by Gasteiger charge is 2.36. The van der Waals surface area contributed by atoms with Gasteiger partial charge in [0.1, 0.15) is 5.69 Å². The number of nitro groups is 1. The molecule has 0 amide bonds. The van der Waals surface area contributed by atoms with Gasteiger partial charge in [-0.1, -0.05) is 5.16 Å². The van der Waals surface area contributed by atoms with Gasteiger partial charge in [0.15, 0.2) is 0 Å². The summed E-state index contributed by atoms with van der Waals surface area (Å²) in [4.78, 5) is 9.98. The average Bonchev–Trinajstić information content (AvgIpc) is 2.77. The molecule has 5 nitrogen and oxygen atoms in total. The first-order valence-electron chi connectivity index (χ1n) is 5.08. The fourth-order valence-electron chi connectivity index (χ4n) is 1.58. The molecule has 8 heteroatoms. The molecule has 0 saturated carbocycles. The Balaban J connectivity index is 2.43.